The fraction of sp³-hybridized carbons (Fsp3) is 0.379. The Morgan fingerprint density at radius 3 is 2.62 bits per heavy atom. The summed E-state index contributed by atoms with van der Waals surface area (Å²) in [5, 5.41) is 2.01. The maximum absolute atomic E-state index is 14.2. The summed E-state index contributed by atoms with van der Waals surface area (Å²) in [5.74, 6) is 0.281. The first kappa shape index (κ1) is 26.7. The van der Waals surface area contributed by atoms with E-state index in [2.05, 4.69) is 13.8 Å². The third kappa shape index (κ3) is 6.31. The summed E-state index contributed by atoms with van der Waals surface area (Å²) in [7, 11) is 1.58. The summed E-state index contributed by atoms with van der Waals surface area (Å²) in [5.41, 5.74) is 1.53. The van der Waals surface area contributed by atoms with E-state index in [4.69, 9.17) is 9.47 Å². The third-order valence-corrected chi connectivity index (χ3v) is 7.82. The zero-order valence-electron chi connectivity index (χ0n) is 21.5. The number of methoxy groups -OCH3 is 1. The van der Waals surface area contributed by atoms with Gasteiger partial charge in [0.2, 0.25) is 5.91 Å². The molecule has 6 nitrogen and oxygen atoms in total. The molecule has 1 aliphatic heterocycles. The molecular weight excluding hydrogens is 491 g/mol. The number of fused-ring (bicyclic) bond motifs is 1. The van der Waals surface area contributed by atoms with Gasteiger partial charge >= 0.3 is 0 Å². The average Bonchev–Trinajstić information content (AvgIpc) is 3.41. The van der Waals surface area contributed by atoms with Gasteiger partial charge in [-0.3, -0.25) is 9.59 Å². The second-order valence-corrected chi connectivity index (χ2v) is 10.3. The Morgan fingerprint density at radius 2 is 1.92 bits per heavy atom. The molecule has 2 atom stereocenters. The van der Waals surface area contributed by atoms with Gasteiger partial charge in [0.1, 0.15) is 18.9 Å². The van der Waals surface area contributed by atoms with E-state index in [0.29, 0.717) is 24.4 Å². The molecule has 37 heavy (non-hydrogen) atoms. The highest BCUT2D eigenvalue weighted by atomic mass is 32.1. The van der Waals surface area contributed by atoms with Crippen molar-refractivity contribution in [3.8, 4) is 11.5 Å². The van der Waals surface area contributed by atoms with E-state index in [0.717, 1.165) is 18.4 Å². The first-order valence-corrected chi connectivity index (χ1v) is 13.5. The predicted molar refractivity (Wildman–Crippen MR) is 143 cm³/mol. The fourth-order valence-corrected chi connectivity index (χ4v) is 5.43. The van der Waals surface area contributed by atoms with Gasteiger partial charge in [0.15, 0.2) is 11.6 Å². The Bertz CT molecular complexity index is 1210. The molecule has 0 N–H and O–H groups in total. The Balaban J connectivity index is 1.54. The number of carbonyl (C=O) groups is 2. The van der Waals surface area contributed by atoms with Gasteiger partial charge in [-0.05, 0) is 65.7 Å². The van der Waals surface area contributed by atoms with Crippen LogP contribution in [-0.2, 0) is 11.2 Å². The molecule has 3 aromatic rings. The van der Waals surface area contributed by atoms with Crippen molar-refractivity contribution < 1.29 is 23.5 Å². The molecule has 0 fully saturated rings. The fourth-order valence-electron chi connectivity index (χ4n) is 4.50. The molecule has 0 bridgehead atoms. The number of halogens is 1. The summed E-state index contributed by atoms with van der Waals surface area (Å²) >= 11 is 1.66. The molecule has 0 aliphatic carbocycles. The van der Waals surface area contributed by atoms with Crippen molar-refractivity contribution in [2.45, 2.75) is 32.7 Å². The highest BCUT2D eigenvalue weighted by Crippen LogP contribution is 2.34. The average molecular weight is 525 g/mol. The molecule has 196 valence electrons. The van der Waals surface area contributed by atoms with Crippen LogP contribution in [0.4, 0.5) is 4.39 Å². The van der Waals surface area contributed by atoms with Crippen LogP contribution in [0, 0.1) is 11.7 Å². The van der Waals surface area contributed by atoms with Crippen LogP contribution in [0.1, 0.15) is 47.1 Å². The van der Waals surface area contributed by atoms with E-state index in [1.807, 2.05) is 11.4 Å². The standard InChI is InChI=1S/C29H33FN2O4S/c1-4-20(2)17-31(29(34)21-9-11-22(35-3)12-10-21)18-28(33)32-15-13-27-23(14-16-37-27)25(32)19-36-26-8-6-5-7-24(26)30/h5-12,14,16,20,25H,4,13,15,17-19H2,1-3H3/t20-,25+/m1/s1. The smallest absolute Gasteiger partial charge is 0.254 e. The van der Waals surface area contributed by atoms with Crippen LogP contribution in [0.25, 0.3) is 0 Å². The molecule has 2 amide bonds. The molecule has 0 saturated carbocycles. The van der Waals surface area contributed by atoms with Gasteiger partial charge in [0.05, 0.1) is 13.2 Å². The van der Waals surface area contributed by atoms with Crippen molar-refractivity contribution in [3.63, 3.8) is 0 Å². The number of ether oxygens (including phenoxy) is 2. The van der Waals surface area contributed by atoms with Crippen LogP contribution in [0.5, 0.6) is 11.5 Å². The lowest BCUT2D eigenvalue weighted by atomic mass is 10.00. The monoisotopic (exact) mass is 524 g/mol. The Labute approximate surface area is 221 Å². The van der Waals surface area contributed by atoms with Crippen LogP contribution in [-0.4, -0.2) is 55.0 Å². The number of nitrogens with zero attached hydrogens (tertiary/aromatic N) is 2. The van der Waals surface area contributed by atoms with Crippen LogP contribution in [0.3, 0.4) is 0 Å². The van der Waals surface area contributed by atoms with E-state index < -0.39 is 5.82 Å². The van der Waals surface area contributed by atoms with E-state index in [1.165, 1.54) is 10.9 Å². The maximum atomic E-state index is 14.2. The molecule has 4 rings (SSSR count). The number of rotatable bonds is 10. The van der Waals surface area contributed by atoms with Crippen molar-refractivity contribution in [1.29, 1.82) is 0 Å². The van der Waals surface area contributed by atoms with Gasteiger partial charge in [-0.15, -0.1) is 11.3 Å². The number of benzene rings is 2. The van der Waals surface area contributed by atoms with Gasteiger partial charge < -0.3 is 19.3 Å². The Hall–Kier alpha value is -3.39. The lowest BCUT2D eigenvalue weighted by Gasteiger charge is -2.37. The highest BCUT2D eigenvalue weighted by molar-refractivity contribution is 7.10. The minimum absolute atomic E-state index is 0.0368. The highest BCUT2D eigenvalue weighted by Gasteiger charge is 2.34. The van der Waals surface area contributed by atoms with Crippen LogP contribution >= 0.6 is 11.3 Å². The molecule has 1 aromatic heterocycles. The van der Waals surface area contributed by atoms with Gasteiger partial charge in [0.25, 0.3) is 5.91 Å². The minimum Gasteiger partial charge on any atom is -0.497 e. The number of hydrogen-bond acceptors (Lipinski definition) is 5. The number of hydrogen-bond donors (Lipinski definition) is 0. The van der Waals surface area contributed by atoms with Gasteiger partial charge in [-0.25, -0.2) is 4.39 Å². The maximum Gasteiger partial charge on any atom is 0.254 e. The Kier molecular flexibility index (Phi) is 8.82. The van der Waals surface area contributed by atoms with E-state index in [1.54, 1.807) is 70.7 Å². The number of para-hydroxylation sites is 1. The van der Waals surface area contributed by atoms with Crippen molar-refractivity contribution in [3.05, 3.63) is 81.8 Å². The van der Waals surface area contributed by atoms with E-state index in [-0.39, 0.29) is 42.7 Å². The largest absolute Gasteiger partial charge is 0.497 e. The normalized spacial score (nSPS) is 15.6. The van der Waals surface area contributed by atoms with Crippen molar-refractivity contribution in [1.82, 2.24) is 9.80 Å². The van der Waals surface area contributed by atoms with Gasteiger partial charge in [0, 0.05) is 23.5 Å². The zero-order chi connectivity index (χ0) is 26.4. The van der Waals surface area contributed by atoms with Crippen molar-refractivity contribution in [2.24, 2.45) is 5.92 Å². The molecular formula is C29H33FN2O4S. The lowest BCUT2D eigenvalue weighted by Crippen LogP contribution is -2.48. The molecule has 2 aromatic carbocycles. The summed E-state index contributed by atoms with van der Waals surface area (Å²) in [6.45, 7) is 5.23. The second kappa shape index (κ2) is 12.2. The molecule has 1 aliphatic rings. The van der Waals surface area contributed by atoms with Gasteiger partial charge in [-0.1, -0.05) is 32.4 Å². The van der Waals surface area contributed by atoms with E-state index >= 15 is 0 Å². The first-order valence-electron chi connectivity index (χ1n) is 12.6. The molecule has 8 heteroatoms. The van der Waals surface area contributed by atoms with E-state index in [9.17, 15) is 14.0 Å². The predicted octanol–water partition coefficient (Wildman–Crippen LogP) is 5.59. The number of carbonyl (C=O) groups excluding carboxylic acids is 2. The molecule has 0 spiro atoms. The molecule has 2 heterocycles. The summed E-state index contributed by atoms with van der Waals surface area (Å²) < 4.78 is 25.3. The van der Waals surface area contributed by atoms with Crippen molar-refractivity contribution >= 4 is 23.2 Å². The minimum atomic E-state index is -0.438. The topological polar surface area (TPSA) is 59.1 Å². The van der Waals surface area contributed by atoms with Gasteiger partial charge in [-0.2, -0.15) is 0 Å². The zero-order valence-corrected chi connectivity index (χ0v) is 22.3. The molecule has 0 radical (unpaired) electrons. The van der Waals surface area contributed by atoms with Crippen LogP contribution in [0.2, 0.25) is 0 Å². The third-order valence-electron chi connectivity index (χ3n) is 6.83. The summed E-state index contributed by atoms with van der Waals surface area (Å²) in [6, 6.07) is 14.9. The SMILES string of the molecule is CC[C@@H](C)CN(CC(=O)N1CCc2sccc2[C@@H]1COc1ccccc1F)C(=O)c1ccc(OC)cc1. The molecule has 0 unspecified atom stereocenters. The molecule has 0 saturated heterocycles. The summed E-state index contributed by atoms with van der Waals surface area (Å²) in [6.07, 6.45) is 1.63. The second-order valence-electron chi connectivity index (χ2n) is 9.32. The number of amides is 2. The number of thiophene rings is 1. The lowest BCUT2D eigenvalue weighted by molar-refractivity contribution is -0.135. The summed E-state index contributed by atoms with van der Waals surface area (Å²) in [4.78, 5) is 31.8. The van der Waals surface area contributed by atoms with Crippen molar-refractivity contribution in [2.75, 3.05) is 33.4 Å². The first-order chi connectivity index (χ1) is 17.9. The quantitative estimate of drug-likeness (QED) is 0.347. The Morgan fingerprint density at radius 1 is 1.16 bits per heavy atom. The van der Waals surface area contributed by atoms with Crippen LogP contribution in [0.15, 0.2) is 60.0 Å². The van der Waals surface area contributed by atoms with Crippen LogP contribution < -0.4 is 9.47 Å².